The van der Waals surface area contributed by atoms with Crippen molar-refractivity contribution in [2.24, 2.45) is 5.73 Å². The average Bonchev–Trinajstić information content (AvgIpc) is 2.87. The number of nitrogens with zero attached hydrogens (tertiary/aromatic N) is 2. The molecule has 110 valence electrons. The zero-order valence-electron chi connectivity index (χ0n) is 11.5. The van der Waals surface area contributed by atoms with Gasteiger partial charge in [0.25, 0.3) is 5.91 Å². The van der Waals surface area contributed by atoms with Gasteiger partial charge in [0, 0.05) is 19.3 Å². The highest BCUT2D eigenvalue weighted by molar-refractivity contribution is 6.09. The number of nitrogens with one attached hydrogen (secondary N) is 1. The van der Waals surface area contributed by atoms with Crippen LogP contribution in [0.4, 0.5) is 10.5 Å². The Morgan fingerprint density at radius 2 is 2.05 bits per heavy atom. The molecule has 0 radical (unpaired) electrons. The summed E-state index contributed by atoms with van der Waals surface area (Å²) in [5.41, 5.74) is 5.88. The van der Waals surface area contributed by atoms with Gasteiger partial charge in [0.1, 0.15) is 5.69 Å². The molecule has 7 nitrogen and oxygen atoms in total. The number of fused-ring (bicyclic) bond motifs is 1. The van der Waals surface area contributed by atoms with E-state index in [0.29, 0.717) is 24.2 Å². The summed E-state index contributed by atoms with van der Waals surface area (Å²) in [6.45, 7) is 1.43. The summed E-state index contributed by atoms with van der Waals surface area (Å²) in [4.78, 5) is 29.5. The molecule has 3 amide bonds. The molecule has 0 saturated carbocycles. The number of amides is 3. The number of likely N-dealkylation sites (tertiary alicyclic amines) is 1. The largest absolute Gasteiger partial charge is 0.430 e. The molecule has 7 heteroatoms. The second-order valence-electron chi connectivity index (χ2n) is 5.00. The molecule has 21 heavy (non-hydrogen) atoms. The van der Waals surface area contributed by atoms with Crippen molar-refractivity contribution in [3.63, 3.8) is 0 Å². The molecule has 2 aromatic heterocycles. The number of urea groups is 1. The maximum absolute atomic E-state index is 12.3. The Balaban J connectivity index is 1.93. The molecule has 3 heterocycles. The van der Waals surface area contributed by atoms with Gasteiger partial charge in [0.05, 0.1) is 5.39 Å². The summed E-state index contributed by atoms with van der Waals surface area (Å²) >= 11 is 0. The molecule has 2 aromatic rings. The second kappa shape index (κ2) is 5.43. The molecule has 1 aliphatic rings. The van der Waals surface area contributed by atoms with Crippen molar-refractivity contribution in [3.8, 4) is 0 Å². The van der Waals surface area contributed by atoms with Crippen LogP contribution >= 0.6 is 0 Å². The highest BCUT2D eigenvalue weighted by Crippen LogP contribution is 2.29. The average molecular weight is 288 g/mol. The topological polar surface area (TPSA) is 101 Å². The van der Waals surface area contributed by atoms with E-state index in [0.717, 1.165) is 19.3 Å². The zero-order chi connectivity index (χ0) is 14.8. The molecule has 1 aliphatic heterocycles. The van der Waals surface area contributed by atoms with Gasteiger partial charge >= 0.3 is 6.03 Å². The summed E-state index contributed by atoms with van der Waals surface area (Å²) in [6.07, 6.45) is 4.66. The number of hydrogen-bond acceptors (Lipinski definition) is 4. The number of aromatic nitrogens is 1. The van der Waals surface area contributed by atoms with E-state index in [-0.39, 0.29) is 17.5 Å². The molecule has 0 aliphatic carbocycles. The molecule has 0 spiro atoms. The Kier molecular flexibility index (Phi) is 3.47. The normalized spacial score (nSPS) is 15.1. The number of primary amides is 1. The van der Waals surface area contributed by atoms with Crippen LogP contribution in [0.25, 0.3) is 11.1 Å². The lowest BCUT2D eigenvalue weighted by atomic mass is 10.1. The summed E-state index contributed by atoms with van der Waals surface area (Å²) < 4.78 is 5.33. The van der Waals surface area contributed by atoms with E-state index in [1.165, 1.54) is 0 Å². The van der Waals surface area contributed by atoms with Gasteiger partial charge in [-0.15, -0.1) is 0 Å². The van der Waals surface area contributed by atoms with Gasteiger partial charge in [-0.3, -0.25) is 4.79 Å². The number of nitrogens with two attached hydrogens (primary N) is 1. The molecule has 3 N–H and O–H groups in total. The number of carbonyl (C=O) groups is 2. The van der Waals surface area contributed by atoms with Crippen LogP contribution < -0.4 is 11.1 Å². The summed E-state index contributed by atoms with van der Waals surface area (Å²) in [6, 6.07) is 3.19. The van der Waals surface area contributed by atoms with E-state index in [9.17, 15) is 9.59 Å². The first-order chi connectivity index (χ1) is 10.2. The second-order valence-corrected chi connectivity index (χ2v) is 5.00. The van der Waals surface area contributed by atoms with Gasteiger partial charge < -0.3 is 20.4 Å². The van der Waals surface area contributed by atoms with Crippen molar-refractivity contribution >= 4 is 28.7 Å². The van der Waals surface area contributed by atoms with Gasteiger partial charge in [0.15, 0.2) is 0 Å². The summed E-state index contributed by atoms with van der Waals surface area (Å²) in [5, 5.41) is 3.30. The smallest absolute Gasteiger partial charge is 0.321 e. The fourth-order valence-electron chi connectivity index (χ4n) is 2.51. The molecule has 0 unspecified atom stereocenters. The molecule has 0 atom stereocenters. The minimum atomic E-state index is -0.734. The van der Waals surface area contributed by atoms with Crippen molar-refractivity contribution in [1.82, 2.24) is 9.88 Å². The summed E-state index contributed by atoms with van der Waals surface area (Å²) in [7, 11) is 0. The van der Waals surface area contributed by atoms with Gasteiger partial charge in [-0.1, -0.05) is 0 Å². The van der Waals surface area contributed by atoms with Crippen molar-refractivity contribution < 1.29 is 14.0 Å². The highest BCUT2D eigenvalue weighted by Gasteiger charge is 2.23. The van der Waals surface area contributed by atoms with Gasteiger partial charge in [-0.05, 0) is 31.4 Å². The maximum Gasteiger partial charge on any atom is 0.321 e. The van der Waals surface area contributed by atoms with E-state index in [1.807, 2.05) is 0 Å². The molecule has 0 aromatic carbocycles. The van der Waals surface area contributed by atoms with Crippen molar-refractivity contribution in [2.45, 2.75) is 19.3 Å². The quantitative estimate of drug-likeness (QED) is 0.881. The Labute approximate surface area is 121 Å². The molecule has 1 saturated heterocycles. The van der Waals surface area contributed by atoms with E-state index >= 15 is 0 Å². The minimum absolute atomic E-state index is 0.0749. The number of anilines is 1. The first kappa shape index (κ1) is 13.4. The SMILES string of the molecule is NC(=O)c1oc2ncccc2c1NC(=O)N1CCCCC1. The highest BCUT2D eigenvalue weighted by atomic mass is 16.4. The fraction of sp³-hybridized carbons (Fsp3) is 0.357. The van der Waals surface area contributed by atoms with Crippen LogP contribution in [0.5, 0.6) is 0 Å². The van der Waals surface area contributed by atoms with Crippen LogP contribution in [0.15, 0.2) is 22.7 Å². The van der Waals surface area contributed by atoms with Gasteiger partial charge in [0.2, 0.25) is 11.5 Å². The standard InChI is InChI=1S/C14H16N4O3/c15-12(19)11-10(9-5-4-6-16-13(9)21-11)17-14(20)18-7-2-1-3-8-18/h4-6H,1-3,7-8H2,(H2,15,19)(H,17,20). The van der Waals surface area contributed by atoms with Crippen LogP contribution in [0.1, 0.15) is 29.8 Å². The van der Waals surface area contributed by atoms with Crippen molar-refractivity contribution in [2.75, 3.05) is 18.4 Å². The zero-order valence-corrected chi connectivity index (χ0v) is 11.5. The monoisotopic (exact) mass is 288 g/mol. The molecule has 0 bridgehead atoms. The number of furan rings is 1. The Morgan fingerprint density at radius 1 is 1.29 bits per heavy atom. The van der Waals surface area contributed by atoms with Crippen LogP contribution in [-0.4, -0.2) is 34.9 Å². The third-order valence-corrected chi connectivity index (χ3v) is 3.57. The van der Waals surface area contributed by atoms with Crippen LogP contribution in [0.3, 0.4) is 0 Å². The molecule has 1 fully saturated rings. The lowest BCUT2D eigenvalue weighted by molar-refractivity contribution is 0.0977. The molecular formula is C14H16N4O3. The van der Waals surface area contributed by atoms with Crippen molar-refractivity contribution in [1.29, 1.82) is 0 Å². The van der Waals surface area contributed by atoms with E-state index in [4.69, 9.17) is 10.2 Å². The van der Waals surface area contributed by atoms with Crippen LogP contribution in [-0.2, 0) is 0 Å². The third-order valence-electron chi connectivity index (χ3n) is 3.57. The number of hydrogen-bond donors (Lipinski definition) is 2. The predicted molar refractivity (Wildman–Crippen MR) is 77.0 cm³/mol. The number of rotatable bonds is 2. The summed E-state index contributed by atoms with van der Waals surface area (Å²) in [5.74, 6) is -0.809. The lowest BCUT2D eigenvalue weighted by Crippen LogP contribution is -2.39. The van der Waals surface area contributed by atoms with Gasteiger partial charge in [-0.2, -0.15) is 0 Å². The first-order valence-electron chi connectivity index (χ1n) is 6.90. The number of piperidine rings is 1. The van der Waals surface area contributed by atoms with E-state index in [2.05, 4.69) is 10.3 Å². The number of carbonyl (C=O) groups excluding carboxylic acids is 2. The van der Waals surface area contributed by atoms with Crippen LogP contribution in [0, 0.1) is 0 Å². The molecule has 3 rings (SSSR count). The fourth-order valence-corrected chi connectivity index (χ4v) is 2.51. The Bertz CT molecular complexity index is 689. The minimum Gasteiger partial charge on any atom is -0.430 e. The van der Waals surface area contributed by atoms with E-state index < -0.39 is 5.91 Å². The first-order valence-corrected chi connectivity index (χ1v) is 6.90. The van der Waals surface area contributed by atoms with Crippen LogP contribution in [0.2, 0.25) is 0 Å². The Hall–Kier alpha value is -2.57. The maximum atomic E-state index is 12.3. The Morgan fingerprint density at radius 3 is 2.76 bits per heavy atom. The third kappa shape index (κ3) is 2.54. The number of pyridine rings is 1. The van der Waals surface area contributed by atoms with Crippen molar-refractivity contribution in [3.05, 3.63) is 24.1 Å². The predicted octanol–water partition coefficient (Wildman–Crippen LogP) is 1.94. The van der Waals surface area contributed by atoms with E-state index in [1.54, 1.807) is 23.2 Å². The lowest BCUT2D eigenvalue weighted by Gasteiger charge is -2.26. The van der Waals surface area contributed by atoms with Gasteiger partial charge in [-0.25, -0.2) is 9.78 Å². The molecular weight excluding hydrogens is 272 g/mol.